The van der Waals surface area contributed by atoms with Gasteiger partial charge in [0, 0.05) is 36.3 Å². The van der Waals surface area contributed by atoms with Crippen LogP contribution in [0.4, 0.5) is 14.5 Å². The van der Waals surface area contributed by atoms with Crippen molar-refractivity contribution in [1.82, 2.24) is 14.7 Å². The Hall–Kier alpha value is -4.40. The van der Waals surface area contributed by atoms with Gasteiger partial charge in [0.05, 0.1) is 11.1 Å². The molecule has 3 aromatic carbocycles. The number of carbonyl (C=O) groups is 2. The molecule has 0 aliphatic rings. The SMILES string of the molecule is CN(C)C(=O)c1ccc(NC(=O)Cn2nc(-c3ccc(F)c(F)c3)c3ccccc3c2=O)cc1. The lowest BCUT2D eigenvalue weighted by molar-refractivity contribution is -0.117. The van der Waals surface area contributed by atoms with E-state index in [4.69, 9.17) is 0 Å². The van der Waals surface area contributed by atoms with E-state index in [2.05, 4.69) is 10.4 Å². The number of hydrogen-bond donors (Lipinski definition) is 1. The van der Waals surface area contributed by atoms with E-state index in [1.807, 2.05) is 0 Å². The highest BCUT2D eigenvalue weighted by Gasteiger charge is 2.16. The Kier molecular flexibility index (Phi) is 6.18. The molecule has 4 aromatic rings. The number of aromatic nitrogens is 2. The standard InChI is InChI=1S/C25H20F2N4O3/c1-30(2)24(33)15-7-10-17(11-8-15)28-22(32)14-31-25(34)19-6-4-3-5-18(19)23(29-31)16-9-12-20(26)21(27)13-16/h3-13H,14H2,1-2H3,(H,28,32). The molecule has 0 radical (unpaired) electrons. The van der Waals surface area contributed by atoms with Crippen LogP contribution in [0.1, 0.15) is 10.4 Å². The molecule has 0 aliphatic heterocycles. The molecule has 0 unspecified atom stereocenters. The minimum Gasteiger partial charge on any atom is -0.345 e. The van der Waals surface area contributed by atoms with Crippen molar-refractivity contribution in [2.24, 2.45) is 0 Å². The zero-order valence-corrected chi connectivity index (χ0v) is 18.4. The molecule has 0 saturated heterocycles. The summed E-state index contributed by atoms with van der Waals surface area (Å²) in [5.41, 5.74) is 0.921. The Labute approximate surface area is 193 Å². The van der Waals surface area contributed by atoms with Gasteiger partial charge in [-0.2, -0.15) is 5.10 Å². The fourth-order valence-corrected chi connectivity index (χ4v) is 3.49. The number of hydrogen-bond acceptors (Lipinski definition) is 4. The number of nitrogens with one attached hydrogen (secondary N) is 1. The number of carbonyl (C=O) groups excluding carboxylic acids is 2. The van der Waals surface area contributed by atoms with Gasteiger partial charge in [0.15, 0.2) is 11.6 Å². The Morgan fingerprint density at radius 3 is 2.26 bits per heavy atom. The normalized spacial score (nSPS) is 10.8. The molecule has 1 aromatic heterocycles. The maximum atomic E-state index is 13.9. The number of amides is 2. The number of anilines is 1. The van der Waals surface area contributed by atoms with Gasteiger partial charge >= 0.3 is 0 Å². The van der Waals surface area contributed by atoms with Crippen LogP contribution in [0.2, 0.25) is 0 Å². The predicted molar refractivity (Wildman–Crippen MR) is 124 cm³/mol. The van der Waals surface area contributed by atoms with E-state index in [0.717, 1.165) is 16.8 Å². The highest BCUT2D eigenvalue weighted by atomic mass is 19.2. The van der Waals surface area contributed by atoms with Gasteiger partial charge in [0.25, 0.3) is 11.5 Å². The molecule has 0 saturated carbocycles. The van der Waals surface area contributed by atoms with Crippen LogP contribution in [0, 0.1) is 11.6 Å². The fourth-order valence-electron chi connectivity index (χ4n) is 3.49. The lowest BCUT2D eigenvalue weighted by Gasteiger charge is -2.13. The second-order valence-electron chi connectivity index (χ2n) is 7.81. The van der Waals surface area contributed by atoms with Crippen LogP contribution in [0.15, 0.2) is 71.5 Å². The van der Waals surface area contributed by atoms with Crippen LogP contribution in [-0.2, 0) is 11.3 Å². The molecule has 1 heterocycles. The lowest BCUT2D eigenvalue weighted by Crippen LogP contribution is -2.30. The van der Waals surface area contributed by atoms with Crippen molar-refractivity contribution in [3.8, 4) is 11.3 Å². The molecule has 0 atom stereocenters. The summed E-state index contributed by atoms with van der Waals surface area (Å²) in [6, 6.07) is 16.3. The number of halogens is 2. The van der Waals surface area contributed by atoms with Gasteiger partial charge < -0.3 is 10.2 Å². The average molecular weight is 462 g/mol. The minimum absolute atomic E-state index is 0.172. The third-order valence-electron chi connectivity index (χ3n) is 5.18. The molecule has 1 N–H and O–H groups in total. The van der Waals surface area contributed by atoms with E-state index in [-0.39, 0.29) is 22.6 Å². The third kappa shape index (κ3) is 4.54. The predicted octanol–water partition coefficient (Wildman–Crippen LogP) is 3.68. The largest absolute Gasteiger partial charge is 0.345 e. The maximum Gasteiger partial charge on any atom is 0.275 e. The number of benzene rings is 3. The second-order valence-corrected chi connectivity index (χ2v) is 7.81. The Morgan fingerprint density at radius 1 is 0.941 bits per heavy atom. The van der Waals surface area contributed by atoms with Crippen molar-refractivity contribution < 1.29 is 18.4 Å². The summed E-state index contributed by atoms with van der Waals surface area (Å²) >= 11 is 0. The van der Waals surface area contributed by atoms with E-state index < -0.39 is 29.6 Å². The molecule has 0 fully saturated rings. The zero-order valence-electron chi connectivity index (χ0n) is 18.4. The highest BCUT2D eigenvalue weighted by Crippen LogP contribution is 2.26. The first-order valence-corrected chi connectivity index (χ1v) is 10.3. The van der Waals surface area contributed by atoms with Crippen molar-refractivity contribution in [3.63, 3.8) is 0 Å². The first-order chi connectivity index (χ1) is 16.2. The van der Waals surface area contributed by atoms with Gasteiger partial charge in [-0.25, -0.2) is 13.5 Å². The molecule has 172 valence electrons. The van der Waals surface area contributed by atoms with Crippen molar-refractivity contribution >= 4 is 28.3 Å². The molecule has 7 nitrogen and oxygen atoms in total. The molecule has 9 heteroatoms. The molecule has 0 spiro atoms. The molecule has 0 aliphatic carbocycles. The molecule has 0 bridgehead atoms. The van der Waals surface area contributed by atoms with Crippen LogP contribution in [-0.4, -0.2) is 40.6 Å². The van der Waals surface area contributed by atoms with Gasteiger partial charge in [0.2, 0.25) is 5.91 Å². The molecular weight excluding hydrogens is 442 g/mol. The van der Waals surface area contributed by atoms with Gasteiger partial charge in [-0.1, -0.05) is 18.2 Å². The van der Waals surface area contributed by atoms with E-state index in [0.29, 0.717) is 16.6 Å². The van der Waals surface area contributed by atoms with Crippen LogP contribution < -0.4 is 10.9 Å². The van der Waals surface area contributed by atoms with E-state index in [1.165, 1.54) is 11.0 Å². The Bertz CT molecular complexity index is 1460. The first kappa shape index (κ1) is 22.8. The summed E-state index contributed by atoms with van der Waals surface area (Å²) in [4.78, 5) is 39.0. The summed E-state index contributed by atoms with van der Waals surface area (Å²) in [6.07, 6.45) is 0. The van der Waals surface area contributed by atoms with Crippen molar-refractivity contribution in [2.45, 2.75) is 6.54 Å². The van der Waals surface area contributed by atoms with Gasteiger partial charge in [-0.05, 0) is 48.5 Å². The van der Waals surface area contributed by atoms with Gasteiger partial charge in [-0.3, -0.25) is 14.4 Å². The average Bonchev–Trinajstić information content (AvgIpc) is 2.82. The van der Waals surface area contributed by atoms with Crippen molar-refractivity contribution in [3.05, 3.63) is 94.3 Å². The first-order valence-electron chi connectivity index (χ1n) is 10.3. The molecule has 4 rings (SSSR count). The van der Waals surface area contributed by atoms with E-state index in [1.54, 1.807) is 62.6 Å². The number of fused-ring (bicyclic) bond motifs is 1. The summed E-state index contributed by atoms with van der Waals surface area (Å²) in [5.74, 6) is -2.74. The third-order valence-corrected chi connectivity index (χ3v) is 5.18. The van der Waals surface area contributed by atoms with Crippen LogP contribution in [0.3, 0.4) is 0 Å². The van der Waals surface area contributed by atoms with Crippen molar-refractivity contribution in [2.75, 3.05) is 19.4 Å². The number of rotatable bonds is 5. The molecular formula is C25H20F2N4O3. The Morgan fingerprint density at radius 2 is 1.62 bits per heavy atom. The Balaban J connectivity index is 1.65. The molecule has 34 heavy (non-hydrogen) atoms. The zero-order chi connectivity index (χ0) is 24.4. The second kappa shape index (κ2) is 9.22. The monoisotopic (exact) mass is 462 g/mol. The fraction of sp³-hybridized carbons (Fsp3) is 0.120. The maximum absolute atomic E-state index is 13.9. The lowest BCUT2D eigenvalue weighted by atomic mass is 10.0. The van der Waals surface area contributed by atoms with Gasteiger partial charge in [0.1, 0.15) is 6.54 Å². The van der Waals surface area contributed by atoms with Crippen LogP contribution in [0.5, 0.6) is 0 Å². The summed E-state index contributed by atoms with van der Waals surface area (Å²) in [6.45, 7) is -0.404. The number of nitrogens with zero attached hydrogens (tertiary/aromatic N) is 3. The summed E-state index contributed by atoms with van der Waals surface area (Å²) in [5, 5.41) is 7.69. The quantitative estimate of drug-likeness (QED) is 0.490. The summed E-state index contributed by atoms with van der Waals surface area (Å²) < 4.78 is 28.3. The van der Waals surface area contributed by atoms with Crippen LogP contribution in [0.25, 0.3) is 22.0 Å². The summed E-state index contributed by atoms with van der Waals surface area (Å²) in [7, 11) is 3.28. The van der Waals surface area contributed by atoms with Crippen LogP contribution >= 0.6 is 0 Å². The minimum atomic E-state index is -1.05. The van der Waals surface area contributed by atoms with E-state index in [9.17, 15) is 23.2 Å². The smallest absolute Gasteiger partial charge is 0.275 e. The topological polar surface area (TPSA) is 84.3 Å². The molecule has 2 amide bonds. The van der Waals surface area contributed by atoms with E-state index >= 15 is 0 Å². The highest BCUT2D eigenvalue weighted by molar-refractivity contribution is 5.96. The van der Waals surface area contributed by atoms with Gasteiger partial charge in [-0.15, -0.1) is 0 Å². The van der Waals surface area contributed by atoms with Crippen molar-refractivity contribution in [1.29, 1.82) is 0 Å².